The van der Waals surface area contributed by atoms with Gasteiger partial charge >= 0.3 is 0 Å². The van der Waals surface area contributed by atoms with Crippen LogP contribution in [0.2, 0.25) is 0 Å². The van der Waals surface area contributed by atoms with Crippen LogP contribution < -0.4 is 0 Å². The molecule has 1 heteroatoms. The zero-order chi connectivity index (χ0) is 15.8. The lowest BCUT2D eigenvalue weighted by molar-refractivity contribution is 0.103. The molecule has 0 spiro atoms. The molecule has 23 heavy (non-hydrogen) atoms. The quantitative estimate of drug-likeness (QED) is 0.506. The lowest BCUT2D eigenvalue weighted by atomic mass is 9.83. The summed E-state index contributed by atoms with van der Waals surface area (Å²) in [5.74, 6) is 0.147. The molecule has 4 rings (SSSR count). The molecule has 1 aliphatic rings. The Balaban J connectivity index is 1.77. The summed E-state index contributed by atoms with van der Waals surface area (Å²) in [5, 5.41) is 0. The summed E-state index contributed by atoms with van der Waals surface area (Å²) in [5.41, 5.74) is 7.56. The fourth-order valence-electron chi connectivity index (χ4n) is 3.30. The van der Waals surface area contributed by atoms with E-state index in [-0.39, 0.29) is 5.78 Å². The second kappa shape index (κ2) is 5.51. The van der Waals surface area contributed by atoms with Gasteiger partial charge in [-0.1, -0.05) is 67.6 Å². The highest BCUT2D eigenvalue weighted by atomic mass is 16.1. The predicted octanol–water partition coefficient (Wildman–Crippen LogP) is 5.05. The number of benzene rings is 3. The number of hydrogen-bond acceptors (Lipinski definition) is 1. The van der Waals surface area contributed by atoms with Crippen LogP contribution >= 0.6 is 0 Å². The first-order chi connectivity index (χ1) is 11.3. The number of hydrogen-bond donors (Lipinski definition) is 0. The Morgan fingerprint density at radius 1 is 0.783 bits per heavy atom. The molecule has 0 heterocycles. The molecule has 1 nitrogen and oxygen atoms in total. The highest BCUT2D eigenvalue weighted by Gasteiger charge is 2.22. The first-order valence-corrected chi connectivity index (χ1v) is 8.11. The molecule has 0 saturated heterocycles. The van der Waals surface area contributed by atoms with Gasteiger partial charge in [0.05, 0.1) is 0 Å². The smallest absolute Gasteiger partial charge is 0.193 e. The topological polar surface area (TPSA) is 17.1 Å². The third-order valence-electron chi connectivity index (χ3n) is 4.69. The number of aryl methyl sites for hydroxylation is 1. The average molecular weight is 298 g/mol. The summed E-state index contributed by atoms with van der Waals surface area (Å²) in [6, 6.07) is 22.8. The molecule has 3 aromatic rings. The lowest BCUT2D eigenvalue weighted by Gasteiger charge is -2.19. The van der Waals surface area contributed by atoms with Crippen LogP contribution in [-0.4, -0.2) is 5.78 Å². The van der Waals surface area contributed by atoms with Crippen molar-refractivity contribution >= 4 is 5.78 Å². The standard InChI is InChI=1S/C22H18O/c1-2-15-7-9-16(10-8-15)17-11-12-19-13-18-5-3-4-6-20(18)22(23)21(19)14-17/h3-12,14H,2,13H2,1H3. The predicted molar refractivity (Wildman–Crippen MR) is 93.9 cm³/mol. The summed E-state index contributed by atoms with van der Waals surface area (Å²) in [6.45, 7) is 2.16. The summed E-state index contributed by atoms with van der Waals surface area (Å²) < 4.78 is 0. The van der Waals surface area contributed by atoms with Crippen molar-refractivity contribution in [1.29, 1.82) is 0 Å². The fraction of sp³-hybridized carbons (Fsp3) is 0.136. The van der Waals surface area contributed by atoms with Crippen LogP contribution in [0.1, 0.15) is 39.5 Å². The van der Waals surface area contributed by atoms with Gasteiger partial charge in [-0.3, -0.25) is 4.79 Å². The van der Waals surface area contributed by atoms with Crippen molar-refractivity contribution < 1.29 is 4.79 Å². The molecule has 0 unspecified atom stereocenters. The largest absolute Gasteiger partial charge is 0.289 e. The zero-order valence-electron chi connectivity index (χ0n) is 13.2. The van der Waals surface area contributed by atoms with E-state index in [2.05, 4.69) is 49.4 Å². The number of ketones is 1. The van der Waals surface area contributed by atoms with Crippen molar-refractivity contribution in [3.8, 4) is 11.1 Å². The number of rotatable bonds is 2. The van der Waals surface area contributed by atoms with Gasteiger partial charge in [0.2, 0.25) is 0 Å². The maximum atomic E-state index is 12.8. The first-order valence-electron chi connectivity index (χ1n) is 8.11. The molecule has 0 N–H and O–H groups in total. The van der Waals surface area contributed by atoms with E-state index < -0.39 is 0 Å². The van der Waals surface area contributed by atoms with Crippen LogP contribution in [0.15, 0.2) is 66.7 Å². The zero-order valence-corrected chi connectivity index (χ0v) is 13.2. The van der Waals surface area contributed by atoms with Crippen LogP contribution in [0.4, 0.5) is 0 Å². The fourth-order valence-corrected chi connectivity index (χ4v) is 3.30. The summed E-state index contributed by atoms with van der Waals surface area (Å²) >= 11 is 0. The van der Waals surface area contributed by atoms with Gasteiger partial charge in [0.1, 0.15) is 0 Å². The molecule has 0 fully saturated rings. The second-order valence-electron chi connectivity index (χ2n) is 6.09. The molecule has 1 aliphatic carbocycles. The summed E-state index contributed by atoms with van der Waals surface area (Å²) in [4.78, 5) is 12.8. The second-order valence-corrected chi connectivity index (χ2v) is 6.09. The van der Waals surface area contributed by atoms with Crippen LogP contribution in [0.5, 0.6) is 0 Å². The van der Waals surface area contributed by atoms with Gasteiger partial charge in [-0.25, -0.2) is 0 Å². The Morgan fingerprint density at radius 3 is 2.26 bits per heavy atom. The van der Waals surface area contributed by atoms with E-state index in [0.29, 0.717) is 0 Å². The SMILES string of the molecule is CCc1ccc(-c2ccc3c(c2)C(=O)c2ccccc2C3)cc1. The Kier molecular flexibility index (Phi) is 3.34. The van der Waals surface area contributed by atoms with Crippen molar-refractivity contribution in [2.45, 2.75) is 19.8 Å². The average Bonchev–Trinajstić information content (AvgIpc) is 2.62. The van der Waals surface area contributed by atoms with Crippen LogP contribution in [-0.2, 0) is 12.8 Å². The third-order valence-corrected chi connectivity index (χ3v) is 4.69. The minimum absolute atomic E-state index is 0.147. The maximum Gasteiger partial charge on any atom is 0.193 e. The van der Waals surface area contributed by atoms with Gasteiger partial charge in [-0.15, -0.1) is 0 Å². The number of carbonyl (C=O) groups excluding carboxylic acids is 1. The highest BCUT2D eigenvalue weighted by molar-refractivity contribution is 6.12. The van der Waals surface area contributed by atoms with Crippen molar-refractivity contribution in [2.24, 2.45) is 0 Å². The molecule has 0 aromatic heterocycles. The Labute approximate surface area is 136 Å². The van der Waals surface area contributed by atoms with E-state index in [0.717, 1.165) is 46.2 Å². The van der Waals surface area contributed by atoms with E-state index in [1.165, 1.54) is 5.56 Å². The lowest BCUT2D eigenvalue weighted by Crippen LogP contribution is -2.14. The van der Waals surface area contributed by atoms with Crippen LogP contribution in [0.3, 0.4) is 0 Å². The van der Waals surface area contributed by atoms with Crippen molar-refractivity contribution in [3.05, 3.63) is 94.5 Å². The Morgan fingerprint density at radius 2 is 1.48 bits per heavy atom. The third kappa shape index (κ3) is 2.39. The van der Waals surface area contributed by atoms with Gasteiger partial charge in [-0.2, -0.15) is 0 Å². The van der Waals surface area contributed by atoms with Crippen molar-refractivity contribution in [3.63, 3.8) is 0 Å². The van der Waals surface area contributed by atoms with E-state index >= 15 is 0 Å². The summed E-state index contributed by atoms with van der Waals surface area (Å²) in [7, 11) is 0. The van der Waals surface area contributed by atoms with Crippen molar-refractivity contribution in [1.82, 2.24) is 0 Å². The highest BCUT2D eigenvalue weighted by Crippen LogP contribution is 2.30. The van der Waals surface area contributed by atoms with Gasteiger partial charge in [0.15, 0.2) is 5.78 Å². The van der Waals surface area contributed by atoms with Crippen molar-refractivity contribution in [2.75, 3.05) is 0 Å². The van der Waals surface area contributed by atoms with Gasteiger partial charge in [0.25, 0.3) is 0 Å². The minimum Gasteiger partial charge on any atom is -0.289 e. The summed E-state index contributed by atoms with van der Waals surface area (Å²) in [6.07, 6.45) is 1.88. The van der Waals surface area contributed by atoms with E-state index in [9.17, 15) is 4.79 Å². The number of fused-ring (bicyclic) bond motifs is 2. The van der Waals surface area contributed by atoms with E-state index in [4.69, 9.17) is 0 Å². The van der Waals surface area contributed by atoms with Crippen LogP contribution in [0.25, 0.3) is 11.1 Å². The van der Waals surface area contributed by atoms with Crippen LogP contribution in [0, 0.1) is 0 Å². The Hall–Kier alpha value is -2.67. The normalized spacial score (nSPS) is 12.7. The molecule has 3 aromatic carbocycles. The maximum absolute atomic E-state index is 12.8. The van der Waals surface area contributed by atoms with Gasteiger partial charge in [0, 0.05) is 11.1 Å². The molecule has 0 amide bonds. The molecular weight excluding hydrogens is 280 g/mol. The molecular formula is C22H18O. The minimum atomic E-state index is 0.147. The molecule has 0 radical (unpaired) electrons. The Bertz CT molecular complexity index is 888. The first kappa shape index (κ1) is 14.0. The monoisotopic (exact) mass is 298 g/mol. The van der Waals surface area contributed by atoms with Gasteiger partial charge in [-0.05, 0) is 46.7 Å². The van der Waals surface area contributed by atoms with E-state index in [1.54, 1.807) is 0 Å². The molecule has 0 aliphatic heterocycles. The van der Waals surface area contributed by atoms with E-state index in [1.807, 2.05) is 24.3 Å². The molecule has 0 atom stereocenters. The molecule has 112 valence electrons. The molecule has 0 saturated carbocycles. The number of carbonyl (C=O) groups is 1. The van der Waals surface area contributed by atoms with Gasteiger partial charge < -0.3 is 0 Å². The molecule has 0 bridgehead atoms.